The highest BCUT2D eigenvalue weighted by Gasteiger charge is 2.41. The van der Waals surface area contributed by atoms with Crippen LogP contribution in [-0.4, -0.2) is 13.9 Å². The molecule has 0 unspecified atom stereocenters. The minimum absolute atomic E-state index is 0.0249. The fourth-order valence-corrected chi connectivity index (χ4v) is 9.16. The molecule has 0 bridgehead atoms. The van der Waals surface area contributed by atoms with Crippen LogP contribution in [0.5, 0.6) is 0 Å². The van der Waals surface area contributed by atoms with Crippen LogP contribution >= 0.6 is 15.9 Å². The Balaban J connectivity index is 3.00. The molecule has 1 aromatic carbocycles. The second kappa shape index (κ2) is 8.13. The van der Waals surface area contributed by atoms with E-state index in [2.05, 4.69) is 68.9 Å². The van der Waals surface area contributed by atoms with Crippen LogP contribution in [0, 0.1) is 11.5 Å². The Bertz CT molecular complexity index is 557. The van der Waals surface area contributed by atoms with Crippen molar-refractivity contribution in [2.24, 2.45) is 0 Å². The molecule has 22 heavy (non-hydrogen) atoms. The third-order valence-corrected chi connectivity index (χ3v) is 11.3. The number of Topliss-reactive ketones (excluding diaryl/α,β-unsaturated/α-hetero) is 1. The third kappa shape index (κ3) is 4.57. The van der Waals surface area contributed by atoms with Crippen molar-refractivity contribution in [3.63, 3.8) is 0 Å². The van der Waals surface area contributed by atoms with Gasteiger partial charge in [-0.15, -0.1) is 5.54 Å². The maximum absolute atomic E-state index is 12.3. The Morgan fingerprint density at radius 2 is 1.64 bits per heavy atom. The summed E-state index contributed by atoms with van der Waals surface area (Å²) in [4.78, 5) is 12.3. The lowest BCUT2D eigenvalue weighted by atomic mass is 10.1. The number of hydrogen-bond acceptors (Lipinski definition) is 1. The van der Waals surface area contributed by atoms with Gasteiger partial charge in [-0.25, -0.2) is 0 Å². The van der Waals surface area contributed by atoms with Crippen LogP contribution < -0.4 is 0 Å². The molecular formula is C19H27BrOSi. The molecule has 0 spiro atoms. The number of carbonyl (C=O) groups excluding carboxylic acids is 1. The number of hydrogen-bond donors (Lipinski definition) is 0. The van der Waals surface area contributed by atoms with Crippen LogP contribution in [0.25, 0.3) is 0 Å². The Hall–Kier alpha value is -0.853. The third-order valence-electron chi connectivity index (χ3n) is 4.54. The number of benzene rings is 1. The van der Waals surface area contributed by atoms with Gasteiger partial charge in [0.15, 0.2) is 0 Å². The minimum atomic E-state index is -1.81. The number of rotatable bonds is 5. The van der Waals surface area contributed by atoms with Gasteiger partial charge in [0.2, 0.25) is 5.78 Å². The van der Waals surface area contributed by atoms with E-state index >= 15 is 0 Å². The van der Waals surface area contributed by atoms with Crippen molar-refractivity contribution in [3.8, 4) is 11.5 Å². The summed E-state index contributed by atoms with van der Waals surface area (Å²) in [5.41, 5.74) is 6.17. The summed E-state index contributed by atoms with van der Waals surface area (Å²) in [6.07, 6.45) is 0.394. The van der Waals surface area contributed by atoms with Gasteiger partial charge >= 0.3 is 0 Å². The smallest absolute Gasteiger partial charge is 0.209 e. The Labute approximate surface area is 145 Å². The zero-order chi connectivity index (χ0) is 16.9. The van der Waals surface area contributed by atoms with Crippen molar-refractivity contribution >= 4 is 29.8 Å². The summed E-state index contributed by atoms with van der Waals surface area (Å²) in [5, 5.41) is 0. The van der Waals surface area contributed by atoms with Gasteiger partial charge in [0, 0.05) is 10.9 Å². The highest BCUT2D eigenvalue weighted by molar-refractivity contribution is 9.10. The first-order chi connectivity index (χ1) is 10.2. The fourth-order valence-electron chi connectivity index (χ4n) is 3.49. The lowest BCUT2D eigenvalue weighted by molar-refractivity contribution is -0.113. The molecule has 0 radical (unpaired) electrons. The quantitative estimate of drug-likeness (QED) is 0.468. The maximum atomic E-state index is 12.3. The molecule has 0 amide bonds. The molecule has 0 N–H and O–H groups in total. The predicted molar refractivity (Wildman–Crippen MR) is 102 cm³/mol. The number of ketones is 1. The highest BCUT2D eigenvalue weighted by Crippen LogP contribution is 2.40. The Kier molecular flexibility index (Phi) is 7.09. The molecular weight excluding hydrogens is 352 g/mol. The van der Waals surface area contributed by atoms with Crippen molar-refractivity contribution in [1.29, 1.82) is 0 Å². The molecule has 0 aliphatic carbocycles. The normalized spacial score (nSPS) is 11.7. The molecule has 0 aliphatic rings. The van der Waals surface area contributed by atoms with Gasteiger partial charge in [-0.3, -0.25) is 4.79 Å². The van der Waals surface area contributed by atoms with Crippen LogP contribution in [0.4, 0.5) is 0 Å². The Morgan fingerprint density at radius 3 is 2.09 bits per heavy atom. The van der Waals surface area contributed by atoms with Crippen molar-refractivity contribution in [3.05, 3.63) is 34.3 Å². The standard InChI is InChI=1S/C19H27BrOSi/c1-14(2)22(15(3)4,16(5)6)11-10-19(21)13-17-8-7-9-18(20)12-17/h7-9,12,14-16H,13H2,1-6H3. The molecule has 0 aliphatic heterocycles. The van der Waals surface area contributed by atoms with Crippen molar-refractivity contribution in [2.45, 2.75) is 64.6 Å². The molecule has 0 heterocycles. The van der Waals surface area contributed by atoms with Gasteiger partial charge in [0.1, 0.15) is 8.07 Å². The molecule has 0 aromatic heterocycles. The second-order valence-electron chi connectivity index (χ2n) is 6.88. The lowest BCUT2D eigenvalue weighted by Crippen LogP contribution is -2.43. The second-order valence-corrected chi connectivity index (χ2v) is 13.4. The maximum Gasteiger partial charge on any atom is 0.209 e. The van der Waals surface area contributed by atoms with E-state index in [1.54, 1.807) is 0 Å². The van der Waals surface area contributed by atoms with E-state index in [-0.39, 0.29) is 5.78 Å². The average molecular weight is 379 g/mol. The lowest BCUT2D eigenvalue weighted by Gasteiger charge is -2.37. The summed E-state index contributed by atoms with van der Waals surface area (Å²) < 4.78 is 1.00. The first-order valence-corrected chi connectivity index (χ1v) is 11.0. The zero-order valence-corrected chi connectivity index (χ0v) is 17.1. The van der Waals surface area contributed by atoms with Gasteiger partial charge < -0.3 is 0 Å². The molecule has 3 heteroatoms. The minimum Gasteiger partial charge on any atom is -0.285 e. The molecule has 1 aromatic rings. The van der Waals surface area contributed by atoms with E-state index in [1.807, 2.05) is 24.3 Å². The topological polar surface area (TPSA) is 17.1 Å². The predicted octanol–water partition coefficient (Wildman–Crippen LogP) is 5.78. The monoisotopic (exact) mass is 378 g/mol. The van der Waals surface area contributed by atoms with Crippen molar-refractivity contribution < 1.29 is 4.79 Å². The molecule has 0 fully saturated rings. The van der Waals surface area contributed by atoms with E-state index in [1.165, 1.54) is 0 Å². The number of halogens is 1. The van der Waals surface area contributed by atoms with E-state index < -0.39 is 8.07 Å². The Morgan fingerprint density at radius 1 is 1.09 bits per heavy atom. The highest BCUT2D eigenvalue weighted by atomic mass is 79.9. The van der Waals surface area contributed by atoms with Gasteiger partial charge in [-0.2, -0.15) is 0 Å². The van der Waals surface area contributed by atoms with E-state index in [9.17, 15) is 4.79 Å². The molecule has 0 saturated heterocycles. The van der Waals surface area contributed by atoms with Crippen LogP contribution in [0.3, 0.4) is 0 Å². The first-order valence-electron chi connectivity index (χ1n) is 8.00. The van der Waals surface area contributed by atoms with Crippen molar-refractivity contribution in [1.82, 2.24) is 0 Å². The van der Waals surface area contributed by atoms with Crippen LogP contribution in [0.2, 0.25) is 16.6 Å². The molecule has 1 rings (SSSR count). The first kappa shape index (κ1) is 19.2. The van der Waals surface area contributed by atoms with Gasteiger partial charge in [-0.05, 0) is 40.2 Å². The summed E-state index contributed by atoms with van der Waals surface area (Å²) in [6, 6.07) is 7.88. The van der Waals surface area contributed by atoms with Crippen molar-refractivity contribution in [2.75, 3.05) is 0 Å². The van der Waals surface area contributed by atoms with E-state index in [4.69, 9.17) is 0 Å². The van der Waals surface area contributed by atoms with Crippen LogP contribution in [-0.2, 0) is 11.2 Å². The molecule has 0 saturated carbocycles. The summed E-state index contributed by atoms with van der Waals surface area (Å²) in [7, 11) is -1.81. The van der Waals surface area contributed by atoms with Gasteiger partial charge in [-0.1, -0.05) is 69.6 Å². The molecule has 0 atom stereocenters. The number of carbonyl (C=O) groups is 1. The summed E-state index contributed by atoms with van der Waals surface area (Å²) in [6.45, 7) is 13.6. The molecule has 1 nitrogen and oxygen atoms in total. The summed E-state index contributed by atoms with van der Waals surface area (Å²) >= 11 is 3.44. The fraction of sp³-hybridized carbons (Fsp3) is 0.526. The molecule has 120 valence electrons. The SMILES string of the molecule is CC(C)[Si](C#CC(=O)Cc1cccc(Br)c1)(C(C)C)C(C)C. The van der Waals surface area contributed by atoms with Gasteiger partial charge in [0.25, 0.3) is 0 Å². The van der Waals surface area contributed by atoms with Crippen LogP contribution in [0.1, 0.15) is 47.1 Å². The van der Waals surface area contributed by atoms with Gasteiger partial charge in [0.05, 0.1) is 0 Å². The van der Waals surface area contributed by atoms with E-state index in [0.29, 0.717) is 23.0 Å². The largest absolute Gasteiger partial charge is 0.285 e. The average Bonchev–Trinajstić information content (AvgIpc) is 2.37. The zero-order valence-electron chi connectivity index (χ0n) is 14.5. The summed E-state index contributed by atoms with van der Waals surface area (Å²) in [5.74, 6) is 3.02. The van der Waals surface area contributed by atoms with E-state index in [0.717, 1.165) is 10.0 Å². The van der Waals surface area contributed by atoms with Crippen LogP contribution in [0.15, 0.2) is 28.7 Å².